The van der Waals surface area contributed by atoms with E-state index in [-0.39, 0.29) is 0 Å². The van der Waals surface area contributed by atoms with Gasteiger partial charge in [-0.2, -0.15) is 4.98 Å². The van der Waals surface area contributed by atoms with E-state index in [0.717, 1.165) is 24.6 Å². The number of hydrogen-bond donors (Lipinski definition) is 1. The quantitative estimate of drug-likeness (QED) is 0.802. The molecule has 2 rings (SSSR count). The normalized spacial score (nSPS) is 15.1. The van der Waals surface area contributed by atoms with Crippen molar-refractivity contribution >= 4 is 5.95 Å². The highest BCUT2D eigenvalue weighted by atomic mass is 16.5. The summed E-state index contributed by atoms with van der Waals surface area (Å²) >= 11 is 0. The minimum atomic E-state index is 0.622. The lowest BCUT2D eigenvalue weighted by Gasteiger charge is -2.07. The van der Waals surface area contributed by atoms with Crippen LogP contribution in [0.4, 0.5) is 5.95 Å². The molecule has 82 valence electrons. The average Bonchev–Trinajstić information content (AvgIpc) is 3.01. The molecule has 1 aromatic heterocycles. The van der Waals surface area contributed by atoms with Crippen molar-refractivity contribution in [2.45, 2.75) is 26.2 Å². The van der Waals surface area contributed by atoms with Crippen LogP contribution < -0.4 is 10.1 Å². The highest BCUT2D eigenvalue weighted by molar-refractivity contribution is 5.29. The first-order valence-corrected chi connectivity index (χ1v) is 5.44. The lowest BCUT2D eigenvalue weighted by atomic mass is 10.3. The van der Waals surface area contributed by atoms with Crippen LogP contribution in [0.15, 0.2) is 6.07 Å². The van der Waals surface area contributed by atoms with E-state index in [9.17, 15) is 0 Å². The summed E-state index contributed by atoms with van der Waals surface area (Å²) in [5, 5.41) is 2.92. The van der Waals surface area contributed by atoms with Gasteiger partial charge in [0.15, 0.2) is 0 Å². The maximum Gasteiger partial charge on any atom is 0.225 e. The van der Waals surface area contributed by atoms with Gasteiger partial charge in [0.25, 0.3) is 0 Å². The second kappa shape index (κ2) is 4.47. The Morgan fingerprint density at radius 2 is 2.27 bits per heavy atom. The van der Waals surface area contributed by atoms with E-state index in [1.807, 2.05) is 20.0 Å². The summed E-state index contributed by atoms with van der Waals surface area (Å²) in [7, 11) is 1.81. The van der Waals surface area contributed by atoms with Crippen molar-refractivity contribution in [3.8, 4) is 5.88 Å². The van der Waals surface area contributed by atoms with Crippen molar-refractivity contribution in [2.75, 3.05) is 19.0 Å². The fourth-order valence-corrected chi connectivity index (χ4v) is 1.46. The van der Waals surface area contributed by atoms with Crippen molar-refractivity contribution < 1.29 is 4.74 Å². The fourth-order valence-electron chi connectivity index (χ4n) is 1.46. The molecule has 0 spiro atoms. The van der Waals surface area contributed by atoms with Gasteiger partial charge in [0.2, 0.25) is 11.8 Å². The predicted molar refractivity (Wildman–Crippen MR) is 59.2 cm³/mol. The number of nitrogens with one attached hydrogen (secondary N) is 1. The Labute approximate surface area is 90.1 Å². The molecule has 1 fully saturated rings. The zero-order chi connectivity index (χ0) is 10.7. The minimum absolute atomic E-state index is 0.622. The number of rotatable bonds is 5. The summed E-state index contributed by atoms with van der Waals surface area (Å²) in [5.74, 6) is 2.20. The monoisotopic (exact) mass is 207 g/mol. The summed E-state index contributed by atoms with van der Waals surface area (Å²) < 4.78 is 5.59. The molecule has 1 aromatic rings. The number of anilines is 1. The SMILES string of the molecule is CNc1nc(C)cc(OCCC2CC2)n1. The highest BCUT2D eigenvalue weighted by Crippen LogP contribution is 2.32. The van der Waals surface area contributed by atoms with Crippen molar-refractivity contribution in [3.63, 3.8) is 0 Å². The van der Waals surface area contributed by atoms with E-state index in [1.54, 1.807) is 0 Å². The van der Waals surface area contributed by atoms with Gasteiger partial charge in [-0.05, 0) is 19.3 Å². The molecule has 15 heavy (non-hydrogen) atoms. The topological polar surface area (TPSA) is 47.0 Å². The lowest BCUT2D eigenvalue weighted by molar-refractivity contribution is 0.291. The second-order valence-corrected chi connectivity index (χ2v) is 4.00. The summed E-state index contributed by atoms with van der Waals surface area (Å²) in [6.45, 7) is 2.71. The zero-order valence-electron chi connectivity index (χ0n) is 9.29. The largest absolute Gasteiger partial charge is 0.478 e. The number of nitrogens with zero attached hydrogens (tertiary/aromatic N) is 2. The van der Waals surface area contributed by atoms with E-state index < -0.39 is 0 Å². The molecule has 0 saturated heterocycles. The van der Waals surface area contributed by atoms with Gasteiger partial charge >= 0.3 is 0 Å². The lowest BCUT2D eigenvalue weighted by Crippen LogP contribution is -2.04. The Kier molecular flexibility index (Phi) is 3.04. The van der Waals surface area contributed by atoms with Gasteiger partial charge in [-0.1, -0.05) is 12.8 Å². The molecule has 4 nitrogen and oxygen atoms in total. The van der Waals surface area contributed by atoms with Crippen molar-refractivity contribution in [2.24, 2.45) is 5.92 Å². The predicted octanol–water partition coefficient (Wildman–Crippen LogP) is 2.01. The van der Waals surface area contributed by atoms with Crippen LogP contribution in [-0.4, -0.2) is 23.6 Å². The molecule has 0 aromatic carbocycles. The summed E-state index contributed by atoms with van der Waals surface area (Å²) in [6.07, 6.45) is 3.89. The minimum Gasteiger partial charge on any atom is -0.478 e. The molecular weight excluding hydrogens is 190 g/mol. The molecule has 1 aliphatic carbocycles. The molecule has 1 aliphatic rings. The molecular formula is C11H17N3O. The van der Waals surface area contributed by atoms with Crippen molar-refractivity contribution in [3.05, 3.63) is 11.8 Å². The van der Waals surface area contributed by atoms with E-state index in [4.69, 9.17) is 4.74 Å². The molecule has 4 heteroatoms. The van der Waals surface area contributed by atoms with E-state index in [2.05, 4.69) is 15.3 Å². The molecule has 0 radical (unpaired) electrons. The zero-order valence-corrected chi connectivity index (χ0v) is 9.29. The number of aryl methyl sites for hydroxylation is 1. The van der Waals surface area contributed by atoms with Crippen molar-refractivity contribution in [1.29, 1.82) is 0 Å². The maximum absolute atomic E-state index is 5.59. The highest BCUT2D eigenvalue weighted by Gasteiger charge is 2.20. The van der Waals surface area contributed by atoms with Crippen LogP contribution in [0.2, 0.25) is 0 Å². The number of hydrogen-bond acceptors (Lipinski definition) is 4. The number of aromatic nitrogens is 2. The molecule has 1 heterocycles. The Balaban J connectivity index is 1.90. The van der Waals surface area contributed by atoms with E-state index >= 15 is 0 Å². The third kappa shape index (κ3) is 3.08. The number of ether oxygens (including phenoxy) is 1. The molecule has 0 amide bonds. The fraction of sp³-hybridized carbons (Fsp3) is 0.636. The standard InChI is InChI=1S/C11H17N3O/c1-8-7-10(14-11(12-2)13-8)15-6-5-9-3-4-9/h7,9H,3-6H2,1-2H3,(H,12,13,14). The summed E-state index contributed by atoms with van der Waals surface area (Å²) in [4.78, 5) is 8.43. The first kappa shape index (κ1) is 10.2. The van der Waals surface area contributed by atoms with Crippen LogP contribution in [0, 0.1) is 12.8 Å². The van der Waals surface area contributed by atoms with Gasteiger partial charge < -0.3 is 10.1 Å². The average molecular weight is 207 g/mol. The van der Waals surface area contributed by atoms with Gasteiger partial charge in [0.1, 0.15) is 0 Å². The van der Waals surface area contributed by atoms with Crippen LogP contribution in [0.5, 0.6) is 5.88 Å². The van der Waals surface area contributed by atoms with Crippen LogP contribution >= 0.6 is 0 Å². The summed E-state index contributed by atoms with van der Waals surface area (Å²) in [6, 6.07) is 1.87. The first-order valence-electron chi connectivity index (χ1n) is 5.44. The van der Waals surface area contributed by atoms with Gasteiger partial charge in [-0.3, -0.25) is 0 Å². The van der Waals surface area contributed by atoms with Crippen LogP contribution in [0.3, 0.4) is 0 Å². The molecule has 1 N–H and O–H groups in total. The van der Waals surface area contributed by atoms with Crippen molar-refractivity contribution in [1.82, 2.24) is 9.97 Å². The van der Waals surface area contributed by atoms with Crippen LogP contribution in [0.1, 0.15) is 25.0 Å². The van der Waals surface area contributed by atoms with Crippen LogP contribution in [0.25, 0.3) is 0 Å². The maximum atomic E-state index is 5.59. The van der Waals surface area contributed by atoms with Crippen LogP contribution in [-0.2, 0) is 0 Å². The van der Waals surface area contributed by atoms with Gasteiger partial charge in [-0.15, -0.1) is 0 Å². The third-order valence-electron chi connectivity index (χ3n) is 2.53. The smallest absolute Gasteiger partial charge is 0.225 e. The van der Waals surface area contributed by atoms with Gasteiger partial charge in [0, 0.05) is 18.8 Å². The Morgan fingerprint density at radius 3 is 2.93 bits per heavy atom. The summed E-state index contributed by atoms with van der Waals surface area (Å²) in [5.41, 5.74) is 0.927. The van der Waals surface area contributed by atoms with E-state index in [1.165, 1.54) is 12.8 Å². The molecule has 0 unspecified atom stereocenters. The third-order valence-corrected chi connectivity index (χ3v) is 2.53. The molecule has 0 atom stereocenters. The molecule has 0 bridgehead atoms. The van der Waals surface area contributed by atoms with E-state index in [0.29, 0.717) is 11.8 Å². The van der Waals surface area contributed by atoms with Gasteiger partial charge in [0.05, 0.1) is 6.61 Å². The molecule has 1 saturated carbocycles. The Hall–Kier alpha value is -1.32. The second-order valence-electron chi connectivity index (χ2n) is 4.00. The van der Waals surface area contributed by atoms with Gasteiger partial charge in [-0.25, -0.2) is 4.98 Å². The Morgan fingerprint density at radius 1 is 1.47 bits per heavy atom. The molecule has 0 aliphatic heterocycles. The first-order chi connectivity index (χ1) is 7.28. The Bertz CT molecular complexity index is 337.